The number of likely N-dealkylation sites (tertiary alicyclic amines) is 1. The highest BCUT2D eigenvalue weighted by Gasteiger charge is 2.27. The molecule has 2 saturated heterocycles. The molecule has 0 aromatic carbocycles. The summed E-state index contributed by atoms with van der Waals surface area (Å²) < 4.78 is 5.64. The predicted octanol–water partition coefficient (Wildman–Crippen LogP) is 0.248. The number of nitrogens with zero attached hydrogens (tertiary/aromatic N) is 2. The lowest BCUT2D eigenvalue weighted by molar-refractivity contribution is -0.137. The fraction of sp³-hybridized carbons (Fsp3) is 0.714. The van der Waals surface area contributed by atoms with E-state index in [4.69, 9.17) is 4.74 Å². The zero-order valence-electron chi connectivity index (χ0n) is 11.5. The summed E-state index contributed by atoms with van der Waals surface area (Å²) in [5.41, 5.74) is 0. The molecular weight excluding hydrogens is 244 g/mol. The highest BCUT2D eigenvalue weighted by atomic mass is 16.5. The molecule has 2 rings (SSSR count). The van der Waals surface area contributed by atoms with Crippen LogP contribution in [-0.2, 0) is 14.3 Å². The average molecular weight is 264 g/mol. The number of amides is 2. The molecule has 2 atom stereocenters. The number of carbonyl (C=O) groups excluding carboxylic acids is 2. The first-order valence-corrected chi connectivity index (χ1v) is 6.73. The van der Waals surface area contributed by atoms with Crippen molar-refractivity contribution in [3.63, 3.8) is 0 Å². The fourth-order valence-electron chi connectivity index (χ4n) is 2.52. The SMILES string of the molecule is C[C@@H]1CN(CC#CCN2C(=O)CCC2=O)C[C@H](C)O1. The first kappa shape index (κ1) is 14.0. The molecule has 0 saturated carbocycles. The standard InChI is InChI=1S/C14H20N2O3/c1-11-9-15(10-12(2)19-11)7-3-4-8-16-13(17)5-6-14(16)18/h11-12H,5-10H2,1-2H3/t11-,12+. The van der Waals surface area contributed by atoms with Gasteiger partial charge in [0.15, 0.2) is 0 Å². The zero-order chi connectivity index (χ0) is 13.8. The van der Waals surface area contributed by atoms with Crippen molar-refractivity contribution in [2.75, 3.05) is 26.2 Å². The third-order valence-corrected chi connectivity index (χ3v) is 3.31. The summed E-state index contributed by atoms with van der Waals surface area (Å²) in [6.45, 7) is 6.75. The Morgan fingerprint density at radius 2 is 1.58 bits per heavy atom. The average Bonchev–Trinajstić information content (AvgIpc) is 2.64. The van der Waals surface area contributed by atoms with Gasteiger partial charge in [0.05, 0.1) is 25.3 Å². The minimum absolute atomic E-state index is 0.104. The van der Waals surface area contributed by atoms with E-state index in [-0.39, 0.29) is 30.6 Å². The first-order chi connectivity index (χ1) is 9.06. The number of carbonyl (C=O) groups is 2. The van der Waals surface area contributed by atoms with E-state index in [1.807, 2.05) is 0 Å². The highest BCUT2D eigenvalue weighted by Crippen LogP contribution is 2.11. The summed E-state index contributed by atoms with van der Waals surface area (Å²) in [6, 6.07) is 0. The summed E-state index contributed by atoms with van der Waals surface area (Å²) >= 11 is 0. The number of hydrogen-bond acceptors (Lipinski definition) is 4. The first-order valence-electron chi connectivity index (χ1n) is 6.73. The van der Waals surface area contributed by atoms with Gasteiger partial charge in [-0.2, -0.15) is 0 Å². The Morgan fingerprint density at radius 3 is 2.16 bits per heavy atom. The van der Waals surface area contributed by atoms with E-state index in [1.165, 1.54) is 4.90 Å². The summed E-state index contributed by atoms with van der Waals surface area (Å²) in [5.74, 6) is 5.75. The van der Waals surface area contributed by atoms with Crippen LogP contribution in [0.25, 0.3) is 0 Å². The van der Waals surface area contributed by atoms with Crippen LogP contribution in [0.15, 0.2) is 0 Å². The molecule has 0 radical (unpaired) electrons. The lowest BCUT2D eigenvalue weighted by Crippen LogP contribution is -2.45. The zero-order valence-corrected chi connectivity index (χ0v) is 11.5. The van der Waals surface area contributed by atoms with Crippen molar-refractivity contribution in [1.29, 1.82) is 0 Å². The lowest BCUT2D eigenvalue weighted by atomic mass is 10.2. The lowest BCUT2D eigenvalue weighted by Gasteiger charge is -2.34. The van der Waals surface area contributed by atoms with Crippen LogP contribution in [0, 0.1) is 11.8 Å². The molecule has 2 heterocycles. The van der Waals surface area contributed by atoms with Crippen molar-refractivity contribution in [3.05, 3.63) is 0 Å². The van der Waals surface area contributed by atoms with Gasteiger partial charge < -0.3 is 4.74 Å². The van der Waals surface area contributed by atoms with Crippen molar-refractivity contribution in [2.45, 2.75) is 38.9 Å². The molecule has 2 amide bonds. The quantitative estimate of drug-likeness (QED) is 0.530. The summed E-state index contributed by atoms with van der Waals surface area (Å²) in [5, 5.41) is 0. The number of ether oxygens (including phenoxy) is 1. The van der Waals surface area contributed by atoms with Crippen LogP contribution in [0.3, 0.4) is 0 Å². The largest absolute Gasteiger partial charge is 0.373 e. The van der Waals surface area contributed by atoms with Crippen LogP contribution in [0.2, 0.25) is 0 Å². The molecule has 2 aliphatic rings. The topological polar surface area (TPSA) is 49.9 Å². The van der Waals surface area contributed by atoms with Crippen molar-refractivity contribution < 1.29 is 14.3 Å². The Morgan fingerprint density at radius 1 is 1.05 bits per heavy atom. The van der Waals surface area contributed by atoms with Crippen molar-refractivity contribution >= 4 is 11.8 Å². The summed E-state index contributed by atoms with van der Waals surface area (Å²) in [7, 11) is 0. The molecule has 0 N–H and O–H groups in total. The molecule has 104 valence electrons. The van der Waals surface area contributed by atoms with E-state index >= 15 is 0 Å². The van der Waals surface area contributed by atoms with E-state index in [2.05, 4.69) is 30.6 Å². The van der Waals surface area contributed by atoms with Gasteiger partial charge in [0, 0.05) is 25.9 Å². The second kappa shape index (κ2) is 6.18. The van der Waals surface area contributed by atoms with Crippen LogP contribution in [0.4, 0.5) is 0 Å². The minimum Gasteiger partial charge on any atom is -0.373 e. The number of hydrogen-bond donors (Lipinski definition) is 0. The van der Waals surface area contributed by atoms with Gasteiger partial charge in [-0.25, -0.2) is 0 Å². The molecule has 2 fully saturated rings. The van der Waals surface area contributed by atoms with Crippen LogP contribution >= 0.6 is 0 Å². The molecule has 5 nitrogen and oxygen atoms in total. The predicted molar refractivity (Wildman–Crippen MR) is 70.2 cm³/mol. The van der Waals surface area contributed by atoms with E-state index in [9.17, 15) is 9.59 Å². The van der Waals surface area contributed by atoms with Gasteiger partial charge in [-0.15, -0.1) is 0 Å². The highest BCUT2D eigenvalue weighted by molar-refractivity contribution is 6.02. The third kappa shape index (κ3) is 3.79. The molecule has 2 aliphatic heterocycles. The molecule has 5 heteroatoms. The van der Waals surface area contributed by atoms with E-state index in [1.54, 1.807) is 0 Å². The Hall–Kier alpha value is -1.38. The van der Waals surface area contributed by atoms with Gasteiger partial charge in [-0.05, 0) is 13.8 Å². The van der Waals surface area contributed by atoms with Gasteiger partial charge >= 0.3 is 0 Å². The van der Waals surface area contributed by atoms with Crippen molar-refractivity contribution in [2.24, 2.45) is 0 Å². The van der Waals surface area contributed by atoms with E-state index in [0.29, 0.717) is 19.4 Å². The Bertz CT molecular complexity index is 398. The Kier molecular flexibility index (Phi) is 4.56. The smallest absolute Gasteiger partial charge is 0.230 e. The number of morpholine rings is 1. The molecule has 0 aromatic rings. The van der Waals surface area contributed by atoms with Crippen molar-refractivity contribution in [1.82, 2.24) is 9.80 Å². The molecule has 0 unspecified atom stereocenters. The molecule has 0 bridgehead atoms. The number of imide groups is 1. The van der Waals surface area contributed by atoms with Gasteiger partial charge in [-0.1, -0.05) is 11.8 Å². The van der Waals surface area contributed by atoms with Crippen LogP contribution in [0.1, 0.15) is 26.7 Å². The maximum atomic E-state index is 11.4. The minimum atomic E-state index is -0.104. The molecular formula is C14H20N2O3. The van der Waals surface area contributed by atoms with Gasteiger partial charge in [-0.3, -0.25) is 19.4 Å². The van der Waals surface area contributed by atoms with Crippen molar-refractivity contribution in [3.8, 4) is 11.8 Å². The van der Waals surface area contributed by atoms with Crippen LogP contribution in [-0.4, -0.2) is 60.0 Å². The van der Waals surface area contributed by atoms with Gasteiger partial charge in [0.25, 0.3) is 0 Å². The Balaban J connectivity index is 1.78. The summed E-state index contributed by atoms with van der Waals surface area (Å²) in [6.07, 6.45) is 1.12. The molecule has 0 spiro atoms. The second-order valence-corrected chi connectivity index (χ2v) is 5.18. The molecule has 0 aliphatic carbocycles. The van der Waals surface area contributed by atoms with E-state index < -0.39 is 0 Å². The second-order valence-electron chi connectivity index (χ2n) is 5.18. The summed E-state index contributed by atoms with van der Waals surface area (Å²) in [4.78, 5) is 26.2. The molecule has 0 aromatic heterocycles. The monoisotopic (exact) mass is 264 g/mol. The molecule has 19 heavy (non-hydrogen) atoms. The third-order valence-electron chi connectivity index (χ3n) is 3.31. The van der Waals surface area contributed by atoms with Gasteiger partial charge in [0.1, 0.15) is 0 Å². The van der Waals surface area contributed by atoms with Crippen LogP contribution < -0.4 is 0 Å². The maximum absolute atomic E-state index is 11.4. The van der Waals surface area contributed by atoms with Gasteiger partial charge in [0.2, 0.25) is 11.8 Å². The van der Waals surface area contributed by atoms with E-state index in [0.717, 1.165) is 13.1 Å². The fourth-order valence-corrected chi connectivity index (χ4v) is 2.52. The number of rotatable bonds is 2. The maximum Gasteiger partial charge on any atom is 0.230 e. The van der Waals surface area contributed by atoms with Crippen LogP contribution in [0.5, 0.6) is 0 Å². The Labute approximate surface area is 113 Å². The normalized spacial score (nSPS) is 28.4.